The van der Waals surface area contributed by atoms with Crippen LogP contribution in [-0.2, 0) is 0 Å². The smallest absolute Gasteiger partial charge is 0.0385 e. The number of hydrogen-bond donors (Lipinski definition) is 0. The van der Waals surface area contributed by atoms with Gasteiger partial charge in [0.2, 0.25) is 0 Å². The molecular weight excluding hydrogens is 188 g/mol. The molecule has 1 saturated heterocycles. The zero-order valence-corrected chi connectivity index (χ0v) is 9.89. The minimum absolute atomic E-state index is 0.614. The largest absolute Gasteiger partial charge is 0.303 e. The molecule has 0 aliphatic carbocycles. The van der Waals surface area contributed by atoms with Gasteiger partial charge in [-0.15, -0.1) is 0 Å². The van der Waals surface area contributed by atoms with Gasteiger partial charge in [-0.25, -0.2) is 0 Å². The molecule has 4 nitrogen and oxygen atoms in total. The molecule has 0 aromatic rings. The summed E-state index contributed by atoms with van der Waals surface area (Å²) >= 11 is 0. The van der Waals surface area contributed by atoms with Crippen LogP contribution in [-0.4, -0.2) is 31.1 Å². The van der Waals surface area contributed by atoms with Gasteiger partial charge in [0.25, 0.3) is 0 Å². The van der Waals surface area contributed by atoms with Crippen molar-refractivity contribution in [3.8, 4) is 0 Å². The van der Waals surface area contributed by atoms with E-state index in [1.165, 1.54) is 32.4 Å². The van der Waals surface area contributed by atoms with Crippen LogP contribution in [0, 0.1) is 11.8 Å². The second-order valence-electron chi connectivity index (χ2n) is 4.73. The lowest BCUT2D eigenvalue weighted by Gasteiger charge is -2.20. The number of hydrogen-bond acceptors (Lipinski definition) is 2. The highest BCUT2D eigenvalue weighted by molar-refractivity contribution is 4.72. The summed E-state index contributed by atoms with van der Waals surface area (Å²) in [4.78, 5) is 5.21. The highest BCUT2D eigenvalue weighted by atomic mass is 15.2. The van der Waals surface area contributed by atoms with Gasteiger partial charge < -0.3 is 4.90 Å². The van der Waals surface area contributed by atoms with E-state index in [1.807, 2.05) is 0 Å². The van der Waals surface area contributed by atoms with Gasteiger partial charge in [-0.1, -0.05) is 19.0 Å². The van der Waals surface area contributed by atoms with E-state index in [2.05, 4.69) is 28.8 Å². The van der Waals surface area contributed by atoms with Gasteiger partial charge in [0.1, 0.15) is 0 Å². The normalized spacial score (nSPS) is 23.5. The number of rotatable bonds is 4. The molecule has 1 fully saturated rings. The van der Waals surface area contributed by atoms with Crippen molar-refractivity contribution >= 4 is 0 Å². The van der Waals surface area contributed by atoms with Crippen molar-refractivity contribution in [1.29, 1.82) is 0 Å². The van der Waals surface area contributed by atoms with Gasteiger partial charge in [0.15, 0.2) is 0 Å². The van der Waals surface area contributed by atoms with E-state index in [4.69, 9.17) is 5.53 Å². The van der Waals surface area contributed by atoms with Crippen LogP contribution in [0.4, 0.5) is 0 Å². The second kappa shape index (κ2) is 6.70. The molecule has 0 aromatic heterocycles. The summed E-state index contributed by atoms with van der Waals surface area (Å²) in [6.45, 7) is 8.52. The maximum atomic E-state index is 8.21. The Labute approximate surface area is 92.3 Å². The van der Waals surface area contributed by atoms with Crippen molar-refractivity contribution in [3.63, 3.8) is 0 Å². The molecule has 0 spiro atoms. The topological polar surface area (TPSA) is 52.0 Å². The Morgan fingerprint density at radius 2 is 2.20 bits per heavy atom. The predicted molar refractivity (Wildman–Crippen MR) is 62.6 cm³/mol. The molecule has 1 rings (SSSR count). The van der Waals surface area contributed by atoms with E-state index in [0.29, 0.717) is 6.54 Å². The van der Waals surface area contributed by atoms with E-state index in [-0.39, 0.29) is 0 Å². The molecule has 4 heteroatoms. The molecule has 0 saturated carbocycles. The first-order valence-electron chi connectivity index (χ1n) is 5.97. The fourth-order valence-corrected chi connectivity index (χ4v) is 2.30. The van der Waals surface area contributed by atoms with Crippen LogP contribution in [0.3, 0.4) is 0 Å². The van der Waals surface area contributed by atoms with Crippen LogP contribution >= 0.6 is 0 Å². The Balaban J connectivity index is 2.29. The summed E-state index contributed by atoms with van der Waals surface area (Å²) in [6.07, 6.45) is 3.95. The molecular formula is C11H22N4. The van der Waals surface area contributed by atoms with Crippen LogP contribution in [0.25, 0.3) is 10.4 Å². The van der Waals surface area contributed by atoms with Crippen molar-refractivity contribution < 1.29 is 0 Å². The lowest BCUT2D eigenvalue weighted by atomic mass is 9.89. The summed E-state index contributed by atoms with van der Waals surface area (Å²) in [6, 6.07) is 0. The predicted octanol–water partition coefficient (Wildman–Crippen LogP) is 3.05. The molecule has 0 radical (unpaired) electrons. The van der Waals surface area contributed by atoms with Crippen molar-refractivity contribution in [2.45, 2.75) is 33.1 Å². The summed E-state index contributed by atoms with van der Waals surface area (Å²) < 4.78 is 0. The van der Waals surface area contributed by atoms with Crippen LogP contribution in [0.15, 0.2) is 5.11 Å². The molecule has 1 aliphatic rings. The van der Waals surface area contributed by atoms with Gasteiger partial charge in [0, 0.05) is 18.0 Å². The minimum Gasteiger partial charge on any atom is -0.303 e. The Morgan fingerprint density at radius 3 is 2.87 bits per heavy atom. The average molecular weight is 210 g/mol. The van der Waals surface area contributed by atoms with Crippen LogP contribution in [0.1, 0.15) is 33.1 Å². The lowest BCUT2D eigenvalue weighted by molar-refractivity contribution is 0.278. The van der Waals surface area contributed by atoms with Crippen molar-refractivity contribution in [1.82, 2.24) is 4.90 Å². The van der Waals surface area contributed by atoms with E-state index < -0.39 is 0 Å². The summed E-state index contributed by atoms with van der Waals surface area (Å²) in [5, 5.41) is 3.59. The van der Waals surface area contributed by atoms with Crippen molar-refractivity contribution in [2.24, 2.45) is 17.0 Å². The molecule has 1 unspecified atom stereocenters. The molecule has 0 bridgehead atoms. The van der Waals surface area contributed by atoms with Gasteiger partial charge in [0.05, 0.1) is 0 Å². The third-order valence-corrected chi connectivity index (χ3v) is 3.39. The third-order valence-electron chi connectivity index (χ3n) is 3.39. The Kier molecular flexibility index (Phi) is 5.51. The van der Waals surface area contributed by atoms with E-state index >= 15 is 0 Å². The highest BCUT2D eigenvalue weighted by Crippen LogP contribution is 2.24. The monoisotopic (exact) mass is 210 g/mol. The summed E-state index contributed by atoms with van der Waals surface area (Å²) in [7, 11) is 0. The zero-order chi connectivity index (χ0) is 11.1. The van der Waals surface area contributed by atoms with Crippen molar-refractivity contribution in [2.75, 3.05) is 26.2 Å². The van der Waals surface area contributed by atoms with Crippen LogP contribution in [0.2, 0.25) is 0 Å². The molecule has 0 N–H and O–H groups in total. The fourth-order valence-electron chi connectivity index (χ4n) is 2.30. The Morgan fingerprint density at radius 1 is 1.40 bits per heavy atom. The standard InChI is InChI=1S/C11H22N4/c1-10(2)11-4-3-7-15(8-5-11)9-6-13-14-12/h10-11H,3-9H2,1-2H3. The highest BCUT2D eigenvalue weighted by Gasteiger charge is 2.18. The molecule has 1 aliphatic heterocycles. The van der Waals surface area contributed by atoms with Gasteiger partial charge in [-0.2, -0.15) is 0 Å². The van der Waals surface area contributed by atoms with E-state index in [1.54, 1.807) is 0 Å². The first-order chi connectivity index (χ1) is 7.24. The molecule has 86 valence electrons. The van der Waals surface area contributed by atoms with Gasteiger partial charge >= 0.3 is 0 Å². The second-order valence-corrected chi connectivity index (χ2v) is 4.73. The van der Waals surface area contributed by atoms with Gasteiger partial charge in [-0.3, -0.25) is 0 Å². The first kappa shape index (κ1) is 12.3. The van der Waals surface area contributed by atoms with Crippen LogP contribution in [0.5, 0.6) is 0 Å². The quantitative estimate of drug-likeness (QED) is 0.399. The number of likely N-dealkylation sites (tertiary alicyclic amines) is 1. The summed E-state index contributed by atoms with van der Waals surface area (Å²) in [5.41, 5.74) is 8.21. The van der Waals surface area contributed by atoms with Gasteiger partial charge in [-0.05, 0) is 49.7 Å². The maximum Gasteiger partial charge on any atom is 0.0385 e. The first-order valence-corrected chi connectivity index (χ1v) is 5.97. The van der Waals surface area contributed by atoms with E-state index in [0.717, 1.165) is 18.4 Å². The SMILES string of the molecule is CC(C)C1CCCN(CCN=[N+]=[N-])CC1. The maximum absolute atomic E-state index is 8.21. The summed E-state index contributed by atoms with van der Waals surface area (Å²) in [5.74, 6) is 1.69. The fraction of sp³-hybridized carbons (Fsp3) is 1.00. The van der Waals surface area contributed by atoms with Crippen LogP contribution < -0.4 is 0 Å². The molecule has 0 amide bonds. The van der Waals surface area contributed by atoms with Crippen molar-refractivity contribution in [3.05, 3.63) is 10.4 Å². The average Bonchev–Trinajstić information content (AvgIpc) is 2.44. The number of azide groups is 1. The molecule has 1 atom stereocenters. The Bertz CT molecular complexity index is 221. The van der Waals surface area contributed by atoms with E-state index in [9.17, 15) is 0 Å². The Hall–Kier alpha value is -0.730. The number of nitrogens with zero attached hydrogens (tertiary/aromatic N) is 4. The molecule has 1 heterocycles. The molecule has 15 heavy (non-hydrogen) atoms. The lowest BCUT2D eigenvalue weighted by Crippen LogP contribution is -2.27. The molecule has 0 aromatic carbocycles. The third kappa shape index (κ3) is 4.54. The minimum atomic E-state index is 0.614. The zero-order valence-electron chi connectivity index (χ0n) is 9.89.